The van der Waals surface area contributed by atoms with E-state index in [4.69, 9.17) is 5.73 Å². The van der Waals surface area contributed by atoms with Crippen LogP contribution in [-0.2, 0) is 20.8 Å². The molecule has 1 heterocycles. The van der Waals surface area contributed by atoms with Crippen LogP contribution in [0.5, 0.6) is 0 Å². The van der Waals surface area contributed by atoms with E-state index in [1.54, 1.807) is 0 Å². The number of carboxylic acids is 2. The molecule has 0 radical (unpaired) electrons. The van der Waals surface area contributed by atoms with Gasteiger partial charge in [0.05, 0.1) is 5.92 Å². The number of benzene rings is 1. The maximum Gasteiger partial charge on any atom is 0.326 e. The van der Waals surface area contributed by atoms with Crippen molar-refractivity contribution in [3.8, 4) is 0 Å². The fourth-order valence-electron chi connectivity index (χ4n) is 4.07. The molecule has 7 heteroatoms. The lowest BCUT2D eigenvalue weighted by Crippen LogP contribution is -2.44. The normalized spacial score (nSPS) is 18.4. The predicted molar refractivity (Wildman–Crippen MR) is 109 cm³/mol. The van der Waals surface area contributed by atoms with E-state index >= 15 is 0 Å². The molecule has 1 aliphatic heterocycles. The second kappa shape index (κ2) is 11.6. The van der Waals surface area contributed by atoms with Crippen molar-refractivity contribution in [2.24, 2.45) is 17.6 Å². The van der Waals surface area contributed by atoms with Gasteiger partial charge in [-0.15, -0.1) is 0 Å². The molecule has 1 aromatic carbocycles. The highest BCUT2D eigenvalue weighted by Crippen LogP contribution is 2.28. The number of hydrogen-bond acceptors (Lipinski definition) is 4. The van der Waals surface area contributed by atoms with Gasteiger partial charge in [-0.25, -0.2) is 4.79 Å². The number of carbonyl (C=O) groups excluding carboxylic acids is 1. The van der Waals surface area contributed by atoms with Crippen LogP contribution in [0.2, 0.25) is 0 Å². The van der Waals surface area contributed by atoms with Crippen LogP contribution in [0, 0.1) is 11.8 Å². The minimum absolute atomic E-state index is 0.224. The Morgan fingerprint density at radius 2 is 1.79 bits per heavy atom. The second-order valence-electron chi connectivity index (χ2n) is 7.80. The highest BCUT2D eigenvalue weighted by atomic mass is 16.4. The van der Waals surface area contributed by atoms with Gasteiger partial charge in [0.25, 0.3) is 0 Å². The lowest BCUT2D eigenvalue weighted by Gasteiger charge is -2.28. The van der Waals surface area contributed by atoms with Gasteiger partial charge in [0.1, 0.15) is 6.04 Å². The number of rotatable bonds is 12. The Bertz CT molecular complexity index is 679. The van der Waals surface area contributed by atoms with Crippen molar-refractivity contribution in [3.63, 3.8) is 0 Å². The van der Waals surface area contributed by atoms with Gasteiger partial charge in [-0.1, -0.05) is 36.8 Å². The predicted octanol–water partition coefficient (Wildman–Crippen LogP) is 2.53. The lowest BCUT2D eigenvalue weighted by molar-refractivity contribution is -0.151. The van der Waals surface area contributed by atoms with Gasteiger partial charge in [0.2, 0.25) is 5.91 Å². The van der Waals surface area contributed by atoms with Gasteiger partial charge in [-0.3, -0.25) is 9.59 Å². The first-order chi connectivity index (χ1) is 13.9. The Morgan fingerprint density at radius 3 is 2.41 bits per heavy atom. The summed E-state index contributed by atoms with van der Waals surface area (Å²) in [5, 5.41) is 19.1. The fraction of sp³-hybridized carbons (Fsp3) is 0.591. The average Bonchev–Trinajstić information content (AvgIpc) is 3.20. The van der Waals surface area contributed by atoms with Gasteiger partial charge in [-0.2, -0.15) is 0 Å². The molecule has 0 spiro atoms. The molecule has 1 aliphatic rings. The molecule has 0 unspecified atom stereocenters. The summed E-state index contributed by atoms with van der Waals surface area (Å²) in [5.41, 5.74) is 6.63. The highest BCUT2D eigenvalue weighted by Gasteiger charge is 2.38. The largest absolute Gasteiger partial charge is 0.481 e. The summed E-state index contributed by atoms with van der Waals surface area (Å²) in [4.78, 5) is 37.9. The molecule has 2 rings (SSSR count). The number of aryl methyl sites for hydroxylation is 1. The van der Waals surface area contributed by atoms with Crippen LogP contribution in [0.25, 0.3) is 0 Å². The van der Waals surface area contributed by atoms with E-state index in [-0.39, 0.29) is 12.3 Å². The molecule has 1 saturated heterocycles. The number of carboxylic acid groups (broad SMARTS) is 2. The number of nitrogens with two attached hydrogens (primary N) is 1. The Kier molecular flexibility index (Phi) is 9.12. The molecule has 1 aromatic rings. The summed E-state index contributed by atoms with van der Waals surface area (Å²) in [6, 6.07) is 8.88. The van der Waals surface area contributed by atoms with Crippen LogP contribution in [0.15, 0.2) is 30.3 Å². The summed E-state index contributed by atoms with van der Waals surface area (Å²) >= 11 is 0. The van der Waals surface area contributed by atoms with E-state index in [0.717, 1.165) is 18.4 Å². The van der Waals surface area contributed by atoms with E-state index in [2.05, 4.69) is 0 Å². The summed E-state index contributed by atoms with van der Waals surface area (Å²) in [6.07, 6.45) is 4.44. The Morgan fingerprint density at radius 1 is 1.07 bits per heavy atom. The molecule has 0 aromatic heterocycles. The zero-order valence-electron chi connectivity index (χ0n) is 16.8. The van der Waals surface area contributed by atoms with Crippen molar-refractivity contribution in [2.75, 3.05) is 13.1 Å². The first-order valence-electron chi connectivity index (χ1n) is 10.4. The van der Waals surface area contributed by atoms with Crippen molar-refractivity contribution in [1.29, 1.82) is 0 Å². The standard InChI is InChI=1S/C22H32N2O5/c23-13-5-4-9-17(20(25)24-14-6-10-19(24)22(28)29)15-18(21(26)27)12-11-16-7-2-1-3-8-16/h1-3,7-8,17-19H,4-6,9-15,23H2,(H,26,27)(H,28,29)/t17-,18-,19-/m0/s1. The third kappa shape index (κ3) is 6.85. The number of aliphatic carboxylic acids is 2. The smallest absolute Gasteiger partial charge is 0.326 e. The van der Waals surface area contributed by atoms with Crippen LogP contribution < -0.4 is 5.73 Å². The summed E-state index contributed by atoms with van der Waals surface area (Å²) in [6.45, 7) is 0.934. The molecule has 0 bridgehead atoms. The number of nitrogens with zero attached hydrogens (tertiary/aromatic N) is 1. The van der Waals surface area contributed by atoms with E-state index in [1.165, 1.54) is 4.90 Å². The topological polar surface area (TPSA) is 121 Å². The van der Waals surface area contributed by atoms with Gasteiger partial charge in [0.15, 0.2) is 0 Å². The summed E-state index contributed by atoms with van der Waals surface area (Å²) in [7, 11) is 0. The summed E-state index contributed by atoms with van der Waals surface area (Å²) < 4.78 is 0. The first-order valence-corrected chi connectivity index (χ1v) is 10.4. The maximum absolute atomic E-state index is 13.1. The first kappa shape index (κ1) is 22.9. The van der Waals surface area contributed by atoms with Crippen molar-refractivity contribution in [2.45, 2.75) is 57.4 Å². The Hall–Kier alpha value is -2.41. The molecule has 7 nitrogen and oxygen atoms in total. The molecular weight excluding hydrogens is 372 g/mol. The minimum atomic E-state index is -0.990. The van der Waals surface area contributed by atoms with Crippen molar-refractivity contribution in [3.05, 3.63) is 35.9 Å². The molecule has 4 N–H and O–H groups in total. The third-order valence-corrected chi connectivity index (χ3v) is 5.72. The zero-order chi connectivity index (χ0) is 21.2. The van der Waals surface area contributed by atoms with E-state index in [9.17, 15) is 24.6 Å². The van der Waals surface area contributed by atoms with E-state index in [1.807, 2.05) is 30.3 Å². The van der Waals surface area contributed by atoms with E-state index in [0.29, 0.717) is 45.2 Å². The van der Waals surface area contributed by atoms with Gasteiger partial charge in [0, 0.05) is 12.5 Å². The number of amides is 1. The molecule has 0 saturated carbocycles. The van der Waals surface area contributed by atoms with Crippen molar-refractivity contribution >= 4 is 17.8 Å². The van der Waals surface area contributed by atoms with Crippen molar-refractivity contribution < 1.29 is 24.6 Å². The lowest BCUT2D eigenvalue weighted by atomic mass is 9.86. The van der Waals surface area contributed by atoms with E-state index < -0.39 is 29.8 Å². The van der Waals surface area contributed by atoms with Gasteiger partial charge in [-0.05, 0) is 57.1 Å². The van der Waals surface area contributed by atoms with Crippen LogP contribution in [0.1, 0.15) is 50.5 Å². The van der Waals surface area contributed by atoms with Crippen LogP contribution in [0.4, 0.5) is 0 Å². The molecule has 160 valence electrons. The molecule has 1 fully saturated rings. The Labute approximate surface area is 171 Å². The van der Waals surface area contributed by atoms with Gasteiger partial charge < -0.3 is 20.8 Å². The molecule has 3 atom stereocenters. The maximum atomic E-state index is 13.1. The number of unbranched alkanes of at least 4 members (excludes halogenated alkanes) is 1. The number of carbonyl (C=O) groups is 3. The van der Waals surface area contributed by atoms with Crippen LogP contribution in [0.3, 0.4) is 0 Å². The minimum Gasteiger partial charge on any atom is -0.481 e. The van der Waals surface area contributed by atoms with Gasteiger partial charge >= 0.3 is 11.9 Å². The monoisotopic (exact) mass is 404 g/mol. The second-order valence-corrected chi connectivity index (χ2v) is 7.80. The highest BCUT2D eigenvalue weighted by molar-refractivity contribution is 5.86. The van der Waals surface area contributed by atoms with Crippen molar-refractivity contribution in [1.82, 2.24) is 4.90 Å². The number of likely N-dealkylation sites (tertiary alicyclic amines) is 1. The average molecular weight is 405 g/mol. The SMILES string of the molecule is NCCCC[C@@H](C[C@H](CCc1ccccc1)C(=O)O)C(=O)N1CCC[C@H]1C(=O)O. The van der Waals surface area contributed by atoms with Crippen LogP contribution in [-0.4, -0.2) is 52.1 Å². The zero-order valence-corrected chi connectivity index (χ0v) is 16.8. The molecular formula is C22H32N2O5. The molecule has 29 heavy (non-hydrogen) atoms. The molecule has 1 amide bonds. The summed E-state index contributed by atoms with van der Waals surface area (Å²) in [5.74, 6) is -3.26. The fourth-order valence-corrected chi connectivity index (χ4v) is 4.07. The molecule has 0 aliphatic carbocycles. The van der Waals surface area contributed by atoms with Crippen LogP contribution >= 0.6 is 0 Å². The number of hydrogen-bond donors (Lipinski definition) is 3. The quantitative estimate of drug-likeness (QED) is 0.460. The Balaban J connectivity index is 2.08. The third-order valence-electron chi connectivity index (χ3n) is 5.72.